The molecule has 0 aromatic heterocycles. The Bertz CT molecular complexity index is 483. The molecular formula is C26H42FN. The number of nitriles is 1. The molecule has 3 fully saturated rings. The number of allylic oxidation sites excluding steroid dienone is 2. The summed E-state index contributed by atoms with van der Waals surface area (Å²) in [5.74, 6) is 5.21. The number of hydrogen-bond donors (Lipinski definition) is 0. The van der Waals surface area contributed by atoms with Crippen LogP contribution in [-0.2, 0) is 0 Å². The van der Waals surface area contributed by atoms with E-state index >= 15 is 0 Å². The highest BCUT2D eigenvalue weighted by atomic mass is 19.1. The van der Waals surface area contributed by atoms with E-state index in [1.807, 2.05) is 0 Å². The van der Waals surface area contributed by atoms with E-state index in [9.17, 15) is 4.39 Å². The van der Waals surface area contributed by atoms with E-state index in [2.05, 4.69) is 18.2 Å². The van der Waals surface area contributed by atoms with Crippen LogP contribution in [0.2, 0.25) is 0 Å². The van der Waals surface area contributed by atoms with Crippen molar-refractivity contribution in [3.8, 4) is 6.07 Å². The maximum absolute atomic E-state index is 12.1. The molecule has 0 N–H and O–H groups in total. The molecule has 0 unspecified atom stereocenters. The molecule has 0 radical (unpaired) electrons. The minimum absolute atomic E-state index is 0.182. The van der Waals surface area contributed by atoms with Crippen molar-refractivity contribution in [1.29, 1.82) is 5.26 Å². The van der Waals surface area contributed by atoms with E-state index < -0.39 is 0 Å². The Morgan fingerprint density at radius 3 is 1.64 bits per heavy atom. The molecule has 3 saturated carbocycles. The summed E-state index contributed by atoms with van der Waals surface area (Å²) in [5, 5.41) is 9.11. The second kappa shape index (κ2) is 12.0. The van der Waals surface area contributed by atoms with E-state index in [1.54, 1.807) is 0 Å². The number of halogens is 1. The van der Waals surface area contributed by atoms with E-state index in [1.165, 1.54) is 77.0 Å². The van der Waals surface area contributed by atoms with Crippen LogP contribution in [-0.4, -0.2) is 6.67 Å². The van der Waals surface area contributed by atoms with Crippen molar-refractivity contribution in [1.82, 2.24) is 0 Å². The molecule has 0 amide bonds. The number of nitrogens with zero attached hydrogens (tertiary/aromatic N) is 1. The van der Waals surface area contributed by atoms with Gasteiger partial charge in [0.2, 0.25) is 0 Å². The molecule has 0 aliphatic heterocycles. The molecule has 0 aromatic rings. The Hall–Kier alpha value is -0.840. The number of alkyl halides is 1. The SMILES string of the molecule is N#CC1CCC(C2CCC([C@H]3CC[C@H](CC/C=C/CCCF)CC3)CC2)CC1. The van der Waals surface area contributed by atoms with Crippen molar-refractivity contribution >= 4 is 0 Å². The van der Waals surface area contributed by atoms with Crippen LogP contribution in [0.25, 0.3) is 0 Å². The van der Waals surface area contributed by atoms with Crippen molar-refractivity contribution in [3.05, 3.63) is 12.2 Å². The molecule has 158 valence electrons. The maximum atomic E-state index is 12.1. The summed E-state index contributed by atoms with van der Waals surface area (Å²) >= 11 is 0. The highest BCUT2D eigenvalue weighted by molar-refractivity contribution is 4.91. The second-order valence-corrected chi connectivity index (χ2v) is 10.1. The monoisotopic (exact) mass is 387 g/mol. The molecule has 0 saturated heterocycles. The lowest BCUT2D eigenvalue weighted by Crippen LogP contribution is -2.29. The van der Waals surface area contributed by atoms with Crippen LogP contribution in [0.15, 0.2) is 12.2 Å². The fourth-order valence-corrected chi connectivity index (χ4v) is 6.52. The summed E-state index contributed by atoms with van der Waals surface area (Å²) in [4.78, 5) is 0. The van der Waals surface area contributed by atoms with Gasteiger partial charge in [-0.25, -0.2) is 0 Å². The van der Waals surface area contributed by atoms with Crippen molar-refractivity contribution in [3.63, 3.8) is 0 Å². The quantitative estimate of drug-likeness (QED) is 0.305. The second-order valence-electron chi connectivity index (χ2n) is 10.1. The molecule has 1 nitrogen and oxygen atoms in total. The summed E-state index contributed by atoms with van der Waals surface area (Å²) in [6, 6.07) is 2.49. The normalized spacial score (nSPS) is 37.0. The highest BCUT2D eigenvalue weighted by Crippen LogP contribution is 2.46. The summed E-state index contributed by atoms with van der Waals surface area (Å²) < 4.78 is 12.1. The molecule has 0 spiro atoms. The average molecular weight is 388 g/mol. The average Bonchev–Trinajstić information content (AvgIpc) is 2.77. The number of hydrogen-bond acceptors (Lipinski definition) is 1. The fourth-order valence-electron chi connectivity index (χ4n) is 6.52. The van der Waals surface area contributed by atoms with Crippen LogP contribution in [0.5, 0.6) is 0 Å². The first kappa shape index (κ1) is 21.9. The zero-order valence-corrected chi connectivity index (χ0v) is 18.0. The fraction of sp³-hybridized carbons (Fsp3) is 0.885. The van der Waals surface area contributed by atoms with Crippen LogP contribution < -0.4 is 0 Å². The lowest BCUT2D eigenvalue weighted by Gasteiger charge is -2.41. The van der Waals surface area contributed by atoms with Gasteiger partial charge in [0.15, 0.2) is 0 Å². The number of rotatable bonds is 8. The van der Waals surface area contributed by atoms with Gasteiger partial charge in [-0.3, -0.25) is 4.39 Å². The first-order chi connectivity index (χ1) is 13.8. The molecule has 0 aromatic carbocycles. The van der Waals surface area contributed by atoms with Crippen LogP contribution in [0, 0.1) is 46.8 Å². The van der Waals surface area contributed by atoms with Gasteiger partial charge in [-0.05, 0) is 119 Å². The van der Waals surface area contributed by atoms with Crippen LogP contribution in [0.1, 0.15) is 103 Å². The minimum Gasteiger partial charge on any atom is -0.251 e. The Morgan fingerprint density at radius 2 is 1.14 bits per heavy atom. The smallest absolute Gasteiger partial charge is 0.0897 e. The zero-order valence-electron chi connectivity index (χ0n) is 18.0. The predicted molar refractivity (Wildman–Crippen MR) is 116 cm³/mol. The van der Waals surface area contributed by atoms with Gasteiger partial charge in [0.1, 0.15) is 0 Å². The van der Waals surface area contributed by atoms with Crippen molar-refractivity contribution < 1.29 is 4.39 Å². The molecular weight excluding hydrogens is 345 g/mol. The summed E-state index contributed by atoms with van der Waals surface area (Å²) in [5.41, 5.74) is 0. The van der Waals surface area contributed by atoms with Gasteiger partial charge in [0, 0.05) is 5.92 Å². The van der Waals surface area contributed by atoms with E-state index in [-0.39, 0.29) is 6.67 Å². The van der Waals surface area contributed by atoms with Crippen molar-refractivity contribution in [2.75, 3.05) is 6.67 Å². The Labute approximate surface area is 173 Å². The van der Waals surface area contributed by atoms with Crippen LogP contribution in [0.3, 0.4) is 0 Å². The molecule has 0 bridgehead atoms. The van der Waals surface area contributed by atoms with Gasteiger partial charge in [0.25, 0.3) is 0 Å². The van der Waals surface area contributed by atoms with Gasteiger partial charge in [-0.15, -0.1) is 0 Å². The van der Waals surface area contributed by atoms with E-state index in [4.69, 9.17) is 5.26 Å². The van der Waals surface area contributed by atoms with Crippen molar-refractivity contribution in [2.24, 2.45) is 35.5 Å². The lowest BCUT2D eigenvalue weighted by molar-refractivity contribution is 0.108. The van der Waals surface area contributed by atoms with E-state index in [0.717, 1.165) is 48.9 Å². The summed E-state index contributed by atoms with van der Waals surface area (Å²) in [6.45, 7) is -0.182. The predicted octanol–water partition coefficient (Wildman–Crippen LogP) is 8.02. The summed E-state index contributed by atoms with van der Waals surface area (Å²) in [6.07, 6.45) is 25.3. The lowest BCUT2D eigenvalue weighted by atomic mass is 9.65. The van der Waals surface area contributed by atoms with Gasteiger partial charge in [-0.1, -0.05) is 25.0 Å². The third-order valence-corrected chi connectivity index (χ3v) is 8.41. The zero-order chi connectivity index (χ0) is 19.6. The van der Waals surface area contributed by atoms with Gasteiger partial charge in [-0.2, -0.15) is 5.26 Å². The Morgan fingerprint density at radius 1 is 0.679 bits per heavy atom. The largest absolute Gasteiger partial charge is 0.251 e. The molecule has 3 aliphatic rings. The van der Waals surface area contributed by atoms with Gasteiger partial charge in [0.05, 0.1) is 12.7 Å². The Balaban J connectivity index is 1.29. The molecule has 2 heteroatoms. The summed E-state index contributed by atoms with van der Waals surface area (Å²) in [7, 11) is 0. The molecule has 3 rings (SSSR count). The Kier molecular flexibility index (Phi) is 9.36. The van der Waals surface area contributed by atoms with Gasteiger partial charge >= 0.3 is 0 Å². The number of unbranched alkanes of at least 4 members (excludes halogenated alkanes) is 1. The van der Waals surface area contributed by atoms with Crippen molar-refractivity contribution in [2.45, 2.75) is 103 Å². The molecule has 28 heavy (non-hydrogen) atoms. The highest BCUT2D eigenvalue weighted by Gasteiger charge is 2.34. The van der Waals surface area contributed by atoms with Crippen LogP contribution >= 0.6 is 0 Å². The van der Waals surface area contributed by atoms with Crippen LogP contribution in [0.4, 0.5) is 4.39 Å². The third-order valence-electron chi connectivity index (χ3n) is 8.41. The maximum Gasteiger partial charge on any atom is 0.0897 e. The topological polar surface area (TPSA) is 23.8 Å². The van der Waals surface area contributed by atoms with E-state index in [0.29, 0.717) is 12.3 Å². The third kappa shape index (κ3) is 6.60. The molecule has 3 aliphatic carbocycles. The standard InChI is InChI=1S/C26H42FN/c27-19-5-3-1-2-4-6-21-7-11-23(12-8-21)25-15-17-26(18-16-25)24-13-9-22(20-28)10-14-24/h1-2,21-26H,3-19H2/b2-1+/t21-,22?,23-,24?,25?,26?. The first-order valence-corrected chi connectivity index (χ1v) is 12.4. The molecule has 0 atom stereocenters. The first-order valence-electron chi connectivity index (χ1n) is 12.4. The molecule has 0 heterocycles. The minimum atomic E-state index is -0.182. The van der Waals surface area contributed by atoms with Gasteiger partial charge < -0.3 is 0 Å².